The number of nitrogens with one attached hydrogen (secondary N) is 1. The molecule has 0 radical (unpaired) electrons. The topological polar surface area (TPSA) is 74.8 Å². The fourth-order valence-electron chi connectivity index (χ4n) is 2.56. The molecule has 132 valence electrons. The van der Waals surface area contributed by atoms with Crippen LogP contribution in [-0.2, 0) is 20.9 Å². The van der Waals surface area contributed by atoms with Crippen molar-refractivity contribution in [1.29, 1.82) is 0 Å². The molecule has 2 heterocycles. The number of amides is 2. The molecular formula is C17H26N4O3. The van der Waals surface area contributed by atoms with Gasteiger partial charge in [-0.1, -0.05) is 0 Å². The van der Waals surface area contributed by atoms with Crippen molar-refractivity contribution in [1.82, 2.24) is 20.1 Å². The molecule has 1 fully saturated rings. The molecule has 0 saturated carbocycles. The zero-order chi connectivity index (χ0) is 17.2. The van der Waals surface area contributed by atoms with E-state index in [0.717, 1.165) is 38.4 Å². The van der Waals surface area contributed by atoms with Gasteiger partial charge < -0.3 is 15.0 Å². The van der Waals surface area contributed by atoms with E-state index in [4.69, 9.17) is 4.74 Å². The highest BCUT2D eigenvalue weighted by Crippen LogP contribution is 2.04. The standard InChI is InChI=1S/C17H26N4O3/c1-15(22)21(14-16-2-5-18-6-3-16)8-4-17(23)19-7-9-20-10-12-24-13-11-20/h2-3,5-6H,4,7-14H2,1H3,(H,19,23). The first-order chi connectivity index (χ1) is 11.6. The van der Waals surface area contributed by atoms with Crippen LogP contribution in [0, 0.1) is 0 Å². The summed E-state index contributed by atoms with van der Waals surface area (Å²) in [7, 11) is 0. The maximum Gasteiger partial charge on any atom is 0.221 e. The molecule has 1 aromatic rings. The van der Waals surface area contributed by atoms with Gasteiger partial charge in [-0.05, 0) is 17.7 Å². The van der Waals surface area contributed by atoms with Gasteiger partial charge in [0.05, 0.1) is 13.2 Å². The van der Waals surface area contributed by atoms with Gasteiger partial charge in [0.25, 0.3) is 0 Å². The van der Waals surface area contributed by atoms with E-state index in [9.17, 15) is 9.59 Å². The molecular weight excluding hydrogens is 308 g/mol. The van der Waals surface area contributed by atoms with E-state index in [2.05, 4.69) is 15.2 Å². The van der Waals surface area contributed by atoms with E-state index < -0.39 is 0 Å². The predicted octanol–water partition coefficient (Wildman–Crippen LogP) is 0.269. The first-order valence-corrected chi connectivity index (χ1v) is 8.36. The van der Waals surface area contributed by atoms with E-state index in [0.29, 0.717) is 26.1 Å². The second-order valence-corrected chi connectivity index (χ2v) is 5.85. The molecule has 2 amide bonds. The second kappa shape index (κ2) is 10.00. The molecule has 2 rings (SSSR count). The first-order valence-electron chi connectivity index (χ1n) is 8.36. The van der Waals surface area contributed by atoms with Crippen molar-refractivity contribution in [2.75, 3.05) is 45.9 Å². The molecule has 0 aliphatic carbocycles. The van der Waals surface area contributed by atoms with Gasteiger partial charge in [-0.25, -0.2) is 0 Å². The molecule has 0 aromatic carbocycles. The summed E-state index contributed by atoms with van der Waals surface area (Å²) < 4.78 is 5.29. The van der Waals surface area contributed by atoms with E-state index in [-0.39, 0.29) is 11.8 Å². The number of aromatic nitrogens is 1. The van der Waals surface area contributed by atoms with Crippen LogP contribution in [-0.4, -0.2) is 72.5 Å². The van der Waals surface area contributed by atoms with Gasteiger partial charge >= 0.3 is 0 Å². The Bertz CT molecular complexity index is 518. The highest BCUT2D eigenvalue weighted by atomic mass is 16.5. The Balaban J connectivity index is 1.67. The minimum atomic E-state index is -0.0343. The maximum absolute atomic E-state index is 12.0. The minimum absolute atomic E-state index is 0.0239. The summed E-state index contributed by atoms with van der Waals surface area (Å²) in [5, 5.41) is 2.92. The fraction of sp³-hybridized carbons (Fsp3) is 0.588. The van der Waals surface area contributed by atoms with Gasteiger partial charge in [-0.2, -0.15) is 0 Å². The highest BCUT2D eigenvalue weighted by molar-refractivity contribution is 5.78. The quantitative estimate of drug-likeness (QED) is 0.739. The SMILES string of the molecule is CC(=O)N(CCC(=O)NCCN1CCOCC1)Cc1ccncc1. The van der Waals surface area contributed by atoms with E-state index in [1.54, 1.807) is 17.3 Å². The zero-order valence-corrected chi connectivity index (χ0v) is 14.2. The average Bonchev–Trinajstić information content (AvgIpc) is 2.60. The highest BCUT2D eigenvalue weighted by Gasteiger charge is 2.13. The monoisotopic (exact) mass is 334 g/mol. The number of hydrogen-bond donors (Lipinski definition) is 1. The molecule has 1 N–H and O–H groups in total. The molecule has 1 aromatic heterocycles. The van der Waals surface area contributed by atoms with Crippen LogP contribution >= 0.6 is 0 Å². The fourth-order valence-corrected chi connectivity index (χ4v) is 2.56. The Morgan fingerprint density at radius 2 is 2.00 bits per heavy atom. The summed E-state index contributed by atoms with van der Waals surface area (Å²) in [6.07, 6.45) is 3.71. The summed E-state index contributed by atoms with van der Waals surface area (Å²) in [5.74, 6) is -0.0582. The smallest absolute Gasteiger partial charge is 0.221 e. The Morgan fingerprint density at radius 3 is 2.67 bits per heavy atom. The van der Waals surface area contributed by atoms with Crippen molar-refractivity contribution >= 4 is 11.8 Å². The van der Waals surface area contributed by atoms with E-state index >= 15 is 0 Å². The normalized spacial score (nSPS) is 15.0. The van der Waals surface area contributed by atoms with Gasteiger partial charge in [0.1, 0.15) is 0 Å². The zero-order valence-electron chi connectivity index (χ0n) is 14.2. The third-order valence-corrected chi connectivity index (χ3v) is 4.03. The first kappa shape index (κ1) is 18.4. The number of hydrogen-bond acceptors (Lipinski definition) is 5. The van der Waals surface area contributed by atoms with Crippen LogP contribution in [0.15, 0.2) is 24.5 Å². The number of pyridine rings is 1. The van der Waals surface area contributed by atoms with Crippen LogP contribution in [0.1, 0.15) is 18.9 Å². The average molecular weight is 334 g/mol. The molecule has 24 heavy (non-hydrogen) atoms. The molecule has 1 saturated heterocycles. The van der Waals surface area contributed by atoms with Crippen LogP contribution in [0.2, 0.25) is 0 Å². The largest absolute Gasteiger partial charge is 0.379 e. The Labute approximate surface area is 143 Å². The minimum Gasteiger partial charge on any atom is -0.379 e. The summed E-state index contributed by atoms with van der Waals surface area (Å²) in [6, 6.07) is 3.75. The van der Waals surface area contributed by atoms with Gasteiger partial charge in [-0.3, -0.25) is 19.5 Å². The molecule has 0 atom stereocenters. The van der Waals surface area contributed by atoms with Crippen molar-refractivity contribution in [2.24, 2.45) is 0 Å². The summed E-state index contributed by atoms with van der Waals surface area (Å²) in [6.45, 7) is 7.26. The van der Waals surface area contributed by atoms with E-state index in [1.807, 2.05) is 12.1 Å². The van der Waals surface area contributed by atoms with Crippen LogP contribution < -0.4 is 5.32 Å². The number of carbonyl (C=O) groups excluding carboxylic acids is 2. The van der Waals surface area contributed by atoms with Crippen LogP contribution in [0.4, 0.5) is 0 Å². The lowest BCUT2D eigenvalue weighted by molar-refractivity contribution is -0.130. The van der Waals surface area contributed by atoms with Gasteiger partial charge in [0, 0.05) is 65.0 Å². The molecule has 1 aliphatic heterocycles. The molecule has 7 nitrogen and oxygen atoms in total. The van der Waals surface area contributed by atoms with Crippen molar-refractivity contribution in [2.45, 2.75) is 19.9 Å². The molecule has 1 aliphatic rings. The predicted molar refractivity (Wildman–Crippen MR) is 90.2 cm³/mol. The second-order valence-electron chi connectivity index (χ2n) is 5.85. The maximum atomic E-state index is 12.0. The summed E-state index contributed by atoms with van der Waals surface area (Å²) in [5.41, 5.74) is 1.01. The molecule has 0 unspecified atom stereocenters. The lowest BCUT2D eigenvalue weighted by Crippen LogP contribution is -2.41. The summed E-state index contributed by atoms with van der Waals surface area (Å²) >= 11 is 0. The number of nitrogens with zero attached hydrogens (tertiary/aromatic N) is 3. The van der Waals surface area contributed by atoms with Gasteiger partial charge in [0.2, 0.25) is 11.8 Å². The number of rotatable bonds is 8. The van der Waals surface area contributed by atoms with Crippen LogP contribution in [0.5, 0.6) is 0 Å². The Morgan fingerprint density at radius 1 is 1.29 bits per heavy atom. The molecule has 7 heteroatoms. The van der Waals surface area contributed by atoms with Gasteiger partial charge in [-0.15, -0.1) is 0 Å². The third-order valence-electron chi connectivity index (χ3n) is 4.03. The third kappa shape index (κ3) is 6.64. The van der Waals surface area contributed by atoms with Gasteiger partial charge in [0.15, 0.2) is 0 Å². The Hall–Kier alpha value is -1.99. The van der Waals surface area contributed by atoms with Crippen molar-refractivity contribution in [3.63, 3.8) is 0 Å². The number of ether oxygens (including phenoxy) is 1. The van der Waals surface area contributed by atoms with Crippen molar-refractivity contribution in [3.8, 4) is 0 Å². The number of morpholine rings is 1. The lowest BCUT2D eigenvalue weighted by Gasteiger charge is -2.26. The van der Waals surface area contributed by atoms with Crippen molar-refractivity contribution in [3.05, 3.63) is 30.1 Å². The van der Waals surface area contributed by atoms with Crippen LogP contribution in [0.25, 0.3) is 0 Å². The number of carbonyl (C=O) groups is 2. The lowest BCUT2D eigenvalue weighted by atomic mass is 10.2. The molecule has 0 spiro atoms. The summed E-state index contributed by atoms with van der Waals surface area (Å²) in [4.78, 5) is 31.6. The molecule has 0 bridgehead atoms. The van der Waals surface area contributed by atoms with E-state index in [1.165, 1.54) is 6.92 Å². The van der Waals surface area contributed by atoms with Crippen LogP contribution in [0.3, 0.4) is 0 Å². The Kier molecular flexibility index (Phi) is 7.64. The van der Waals surface area contributed by atoms with Crippen molar-refractivity contribution < 1.29 is 14.3 Å².